The number of rotatable bonds is 5. The Balaban J connectivity index is 2.83. The molecule has 0 amide bonds. The average Bonchev–Trinajstić information content (AvgIpc) is 2.78. The van der Waals surface area contributed by atoms with Crippen molar-refractivity contribution < 1.29 is 14.6 Å². The van der Waals surface area contributed by atoms with Gasteiger partial charge in [-0.15, -0.1) is 0 Å². The van der Waals surface area contributed by atoms with E-state index in [-0.39, 0.29) is 17.8 Å². The molecule has 2 aromatic rings. The number of methoxy groups -OCH3 is 1. The zero-order valence-corrected chi connectivity index (χ0v) is 12.0. The molecule has 0 radical (unpaired) electrons. The van der Waals surface area contributed by atoms with Crippen LogP contribution in [0.3, 0.4) is 0 Å². The SMILES string of the molecule is COCCn1c(CC(=O)O)nc2c(=O)n(C)c(=O)n(C)c21. The van der Waals surface area contributed by atoms with Crippen LogP contribution in [0.2, 0.25) is 0 Å². The van der Waals surface area contributed by atoms with Gasteiger partial charge in [0.1, 0.15) is 17.9 Å². The fourth-order valence-electron chi connectivity index (χ4n) is 2.22. The van der Waals surface area contributed by atoms with E-state index in [0.717, 1.165) is 4.57 Å². The summed E-state index contributed by atoms with van der Waals surface area (Å²) in [5.41, 5.74) is -0.660. The van der Waals surface area contributed by atoms with E-state index >= 15 is 0 Å². The van der Waals surface area contributed by atoms with E-state index in [1.165, 1.54) is 30.3 Å². The molecule has 0 aromatic carbocycles. The second kappa shape index (κ2) is 5.52. The van der Waals surface area contributed by atoms with Crippen molar-refractivity contribution in [2.45, 2.75) is 13.0 Å². The van der Waals surface area contributed by atoms with Crippen molar-refractivity contribution in [1.29, 1.82) is 0 Å². The Morgan fingerprint density at radius 1 is 1.29 bits per heavy atom. The average molecular weight is 296 g/mol. The molecule has 0 unspecified atom stereocenters. The van der Waals surface area contributed by atoms with Crippen molar-refractivity contribution in [3.63, 3.8) is 0 Å². The number of carboxylic acid groups (broad SMARTS) is 1. The molecule has 0 fully saturated rings. The highest BCUT2D eigenvalue weighted by Gasteiger charge is 2.20. The summed E-state index contributed by atoms with van der Waals surface area (Å²) in [6, 6.07) is 0. The molecule has 0 saturated heterocycles. The first-order chi connectivity index (χ1) is 9.88. The van der Waals surface area contributed by atoms with Gasteiger partial charge in [-0.05, 0) is 0 Å². The summed E-state index contributed by atoms with van der Waals surface area (Å²) in [5, 5.41) is 8.95. The predicted octanol–water partition coefficient (Wildman–Crippen LogP) is -1.29. The number of ether oxygens (including phenoxy) is 1. The molecule has 0 bridgehead atoms. The third-order valence-electron chi connectivity index (χ3n) is 3.25. The number of nitrogens with zero attached hydrogens (tertiary/aromatic N) is 4. The lowest BCUT2D eigenvalue weighted by Gasteiger charge is -2.10. The Bertz CT molecular complexity index is 814. The molecule has 0 aliphatic rings. The van der Waals surface area contributed by atoms with Gasteiger partial charge in [0.25, 0.3) is 5.56 Å². The number of imidazole rings is 1. The number of carboxylic acids is 1. The maximum Gasteiger partial charge on any atom is 0.332 e. The molecule has 2 aromatic heterocycles. The van der Waals surface area contributed by atoms with Crippen molar-refractivity contribution >= 4 is 17.1 Å². The smallest absolute Gasteiger partial charge is 0.332 e. The van der Waals surface area contributed by atoms with Crippen LogP contribution in [0.4, 0.5) is 0 Å². The number of aromatic nitrogens is 4. The van der Waals surface area contributed by atoms with Gasteiger partial charge in [-0.1, -0.05) is 0 Å². The van der Waals surface area contributed by atoms with Crippen LogP contribution in [0.15, 0.2) is 9.59 Å². The Morgan fingerprint density at radius 2 is 1.95 bits per heavy atom. The van der Waals surface area contributed by atoms with Crippen LogP contribution in [0.1, 0.15) is 5.82 Å². The highest BCUT2D eigenvalue weighted by molar-refractivity contribution is 5.74. The number of aliphatic carboxylic acids is 1. The Hall–Kier alpha value is -2.42. The van der Waals surface area contributed by atoms with Crippen molar-refractivity contribution in [3.8, 4) is 0 Å². The molecule has 2 heterocycles. The molecule has 2 rings (SSSR count). The van der Waals surface area contributed by atoms with Crippen molar-refractivity contribution in [3.05, 3.63) is 26.7 Å². The molecule has 9 nitrogen and oxygen atoms in total. The number of hydrogen-bond donors (Lipinski definition) is 1. The topological polar surface area (TPSA) is 108 Å². The maximum absolute atomic E-state index is 12.1. The van der Waals surface area contributed by atoms with Crippen molar-refractivity contribution in [2.24, 2.45) is 14.1 Å². The predicted molar refractivity (Wildman–Crippen MR) is 73.4 cm³/mol. The van der Waals surface area contributed by atoms with E-state index in [2.05, 4.69) is 4.98 Å². The molecule has 0 atom stereocenters. The monoisotopic (exact) mass is 296 g/mol. The minimum atomic E-state index is -1.06. The number of aryl methyl sites for hydroxylation is 1. The van der Waals surface area contributed by atoms with Gasteiger partial charge in [-0.3, -0.25) is 18.7 Å². The van der Waals surface area contributed by atoms with Gasteiger partial charge in [0.15, 0.2) is 5.52 Å². The van der Waals surface area contributed by atoms with Crippen LogP contribution in [0, 0.1) is 0 Å². The molecular formula is C12H16N4O5. The van der Waals surface area contributed by atoms with E-state index in [1.807, 2.05) is 0 Å². The van der Waals surface area contributed by atoms with Crippen LogP contribution >= 0.6 is 0 Å². The molecule has 0 aliphatic heterocycles. The Labute approximate surface area is 119 Å². The summed E-state index contributed by atoms with van der Waals surface area (Å²) in [7, 11) is 4.38. The second-order valence-corrected chi connectivity index (χ2v) is 4.62. The molecule has 9 heteroatoms. The fourth-order valence-corrected chi connectivity index (χ4v) is 2.22. The summed E-state index contributed by atoms with van der Waals surface area (Å²) in [4.78, 5) is 39.2. The van der Waals surface area contributed by atoms with Crippen molar-refractivity contribution in [2.75, 3.05) is 13.7 Å². The first-order valence-corrected chi connectivity index (χ1v) is 6.24. The summed E-state index contributed by atoms with van der Waals surface area (Å²) in [6.45, 7) is 0.609. The molecular weight excluding hydrogens is 280 g/mol. The lowest BCUT2D eigenvalue weighted by Crippen LogP contribution is -2.37. The zero-order chi connectivity index (χ0) is 15.7. The van der Waals surface area contributed by atoms with Gasteiger partial charge in [0.2, 0.25) is 0 Å². The minimum absolute atomic E-state index is 0.0759. The molecule has 0 aliphatic carbocycles. The Morgan fingerprint density at radius 3 is 2.52 bits per heavy atom. The number of fused-ring (bicyclic) bond motifs is 1. The van der Waals surface area contributed by atoms with Gasteiger partial charge in [-0.25, -0.2) is 9.78 Å². The first kappa shape index (κ1) is 15.0. The van der Waals surface area contributed by atoms with E-state index in [4.69, 9.17) is 9.84 Å². The highest BCUT2D eigenvalue weighted by atomic mass is 16.5. The third-order valence-corrected chi connectivity index (χ3v) is 3.25. The molecule has 21 heavy (non-hydrogen) atoms. The summed E-state index contributed by atoms with van der Waals surface area (Å²) in [6.07, 6.45) is -0.338. The third kappa shape index (κ3) is 2.47. The fraction of sp³-hybridized carbons (Fsp3) is 0.500. The maximum atomic E-state index is 12.1. The molecule has 0 saturated carbocycles. The largest absolute Gasteiger partial charge is 0.481 e. The van der Waals surface area contributed by atoms with Gasteiger partial charge >= 0.3 is 11.7 Å². The quantitative estimate of drug-likeness (QED) is 0.735. The van der Waals surface area contributed by atoms with Gasteiger partial charge in [0, 0.05) is 27.7 Å². The summed E-state index contributed by atoms with van der Waals surface area (Å²) < 4.78 is 8.75. The van der Waals surface area contributed by atoms with Crippen LogP contribution in [-0.2, 0) is 36.6 Å². The Kier molecular flexibility index (Phi) is 3.94. The van der Waals surface area contributed by atoms with E-state index in [1.54, 1.807) is 0 Å². The normalized spacial score (nSPS) is 11.2. The van der Waals surface area contributed by atoms with Gasteiger partial charge < -0.3 is 14.4 Å². The molecule has 0 spiro atoms. The summed E-state index contributed by atoms with van der Waals surface area (Å²) >= 11 is 0. The summed E-state index contributed by atoms with van der Waals surface area (Å²) in [5.74, 6) is -0.848. The van der Waals surface area contributed by atoms with E-state index in [0.29, 0.717) is 18.8 Å². The standard InChI is InChI=1S/C12H16N4O5/c1-14-10-9(11(19)15(2)12(14)20)13-7(6-8(17)18)16(10)4-5-21-3/h4-6H2,1-3H3,(H,17,18). The van der Waals surface area contributed by atoms with Gasteiger partial charge in [-0.2, -0.15) is 0 Å². The zero-order valence-electron chi connectivity index (χ0n) is 12.0. The van der Waals surface area contributed by atoms with Crippen LogP contribution < -0.4 is 11.2 Å². The lowest BCUT2D eigenvalue weighted by molar-refractivity contribution is -0.136. The van der Waals surface area contributed by atoms with Crippen LogP contribution in [0.25, 0.3) is 11.2 Å². The lowest BCUT2D eigenvalue weighted by atomic mass is 10.4. The molecule has 114 valence electrons. The second-order valence-electron chi connectivity index (χ2n) is 4.62. The van der Waals surface area contributed by atoms with Gasteiger partial charge in [0.05, 0.1) is 6.61 Å². The highest BCUT2D eigenvalue weighted by Crippen LogP contribution is 2.12. The molecule has 1 N–H and O–H groups in total. The first-order valence-electron chi connectivity index (χ1n) is 6.24. The number of carbonyl (C=O) groups is 1. The minimum Gasteiger partial charge on any atom is -0.481 e. The number of hydrogen-bond acceptors (Lipinski definition) is 5. The van der Waals surface area contributed by atoms with Crippen molar-refractivity contribution in [1.82, 2.24) is 18.7 Å². The van der Waals surface area contributed by atoms with E-state index in [9.17, 15) is 14.4 Å². The van der Waals surface area contributed by atoms with E-state index < -0.39 is 17.2 Å². The van der Waals surface area contributed by atoms with Crippen LogP contribution in [0.5, 0.6) is 0 Å². The van der Waals surface area contributed by atoms with Crippen LogP contribution in [-0.4, -0.2) is 43.5 Å².